The summed E-state index contributed by atoms with van der Waals surface area (Å²) in [4.78, 5) is 23.4. The van der Waals surface area contributed by atoms with Crippen molar-refractivity contribution in [2.45, 2.75) is 13.1 Å². The van der Waals surface area contributed by atoms with E-state index in [1.807, 2.05) is 0 Å². The maximum absolute atomic E-state index is 13.3. The normalized spacial score (nSPS) is 12.0. The SMILES string of the molecule is CN/N=C\C(=C/C=O)NC(=O)c1ccc(C(F)(F)F)cc1Oc1ccc(F)cc1C. The number of ether oxygens (including phenoxy) is 1. The molecule has 158 valence electrons. The van der Waals surface area contributed by atoms with Crippen LogP contribution in [0.2, 0.25) is 0 Å². The first-order chi connectivity index (χ1) is 14.2. The summed E-state index contributed by atoms with van der Waals surface area (Å²) in [7, 11) is 1.49. The highest BCUT2D eigenvalue weighted by Gasteiger charge is 2.32. The Kier molecular flexibility index (Phi) is 7.29. The van der Waals surface area contributed by atoms with Gasteiger partial charge in [0, 0.05) is 13.1 Å². The molecule has 0 unspecified atom stereocenters. The summed E-state index contributed by atoms with van der Waals surface area (Å²) in [6.07, 6.45) is -2.12. The molecule has 0 heterocycles. The molecule has 30 heavy (non-hydrogen) atoms. The van der Waals surface area contributed by atoms with Crippen LogP contribution >= 0.6 is 0 Å². The molecule has 2 N–H and O–H groups in total. The third-order valence-corrected chi connectivity index (χ3v) is 3.75. The number of amides is 1. The van der Waals surface area contributed by atoms with Crippen LogP contribution in [0.15, 0.2) is 53.3 Å². The van der Waals surface area contributed by atoms with E-state index in [2.05, 4.69) is 15.8 Å². The number of halogens is 4. The number of hydrogen-bond acceptors (Lipinski definition) is 5. The minimum Gasteiger partial charge on any atom is -0.456 e. The standard InChI is InChI=1S/C20H17F4N3O3/c1-12-9-14(21)4-6-17(12)30-18-10-13(20(22,23)24)3-5-16(18)19(29)27-15(7-8-28)11-26-25-2/h3-11,25H,1-2H3,(H,27,29)/b15-7+,26-11-. The van der Waals surface area contributed by atoms with Crippen LogP contribution in [0.4, 0.5) is 17.6 Å². The molecule has 0 aliphatic rings. The van der Waals surface area contributed by atoms with Crippen molar-refractivity contribution < 1.29 is 31.9 Å². The van der Waals surface area contributed by atoms with Gasteiger partial charge < -0.3 is 15.5 Å². The molecule has 0 atom stereocenters. The Hall–Kier alpha value is -3.69. The Morgan fingerprint density at radius 1 is 1.13 bits per heavy atom. The van der Waals surface area contributed by atoms with E-state index in [0.29, 0.717) is 17.9 Å². The van der Waals surface area contributed by atoms with E-state index in [1.54, 1.807) is 0 Å². The fraction of sp³-hybridized carbons (Fsp3) is 0.150. The number of hydrazone groups is 1. The summed E-state index contributed by atoms with van der Waals surface area (Å²) >= 11 is 0. The molecule has 0 radical (unpaired) electrons. The van der Waals surface area contributed by atoms with Gasteiger partial charge in [-0.25, -0.2) is 4.39 Å². The number of carbonyl (C=O) groups is 2. The Morgan fingerprint density at radius 2 is 1.87 bits per heavy atom. The second kappa shape index (κ2) is 9.68. The number of nitrogens with zero attached hydrogens (tertiary/aromatic N) is 1. The van der Waals surface area contributed by atoms with Gasteiger partial charge in [-0.15, -0.1) is 0 Å². The van der Waals surface area contributed by atoms with Gasteiger partial charge >= 0.3 is 6.18 Å². The Bertz CT molecular complexity index is 1000. The van der Waals surface area contributed by atoms with Crippen molar-refractivity contribution >= 4 is 18.4 Å². The lowest BCUT2D eigenvalue weighted by Gasteiger charge is -2.16. The highest BCUT2D eigenvalue weighted by atomic mass is 19.4. The molecule has 10 heteroatoms. The minimum absolute atomic E-state index is 0.00633. The van der Waals surface area contributed by atoms with Crippen LogP contribution in [0.5, 0.6) is 11.5 Å². The number of benzene rings is 2. The van der Waals surface area contributed by atoms with Gasteiger partial charge in [0.1, 0.15) is 23.6 Å². The Labute approximate surface area is 169 Å². The zero-order chi connectivity index (χ0) is 22.3. The summed E-state index contributed by atoms with van der Waals surface area (Å²) in [6, 6.07) is 5.80. The fourth-order valence-electron chi connectivity index (χ4n) is 2.34. The Balaban J connectivity index is 2.47. The van der Waals surface area contributed by atoms with E-state index >= 15 is 0 Å². The summed E-state index contributed by atoms with van der Waals surface area (Å²) in [5.41, 5.74) is 1.48. The molecule has 0 fully saturated rings. The monoisotopic (exact) mass is 423 g/mol. The molecule has 1 amide bonds. The number of nitrogens with one attached hydrogen (secondary N) is 2. The van der Waals surface area contributed by atoms with Crippen LogP contribution in [-0.2, 0) is 11.0 Å². The van der Waals surface area contributed by atoms with Gasteiger partial charge in [0.2, 0.25) is 0 Å². The maximum Gasteiger partial charge on any atom is 0.416 e. The summed E-state index contributed by atoms with van der Waals surface area (Å²) in [5, 5.41) is 6.02. The molecule has 0 saturated carbocycles. The maximum atomic E-state index is 13.3. The highest BCUT2D eigenvalue weighted by Crippen LogP contribution is 2.35. The van der Waals surface area contributed by atoms with Crippen molar-refractivity contribution in [3.05, 3.63) is 70.7 Å². The number of carbonyl (C=O) groups excluding carboxylic acids is 2. The molecule has 0 spiro atoms. The number of alkyl halides is 3. The topological polar surface area (TPSA) is 79.8 Å². The first kappa shape index (κ1) is 22.6. The van der Waals surface area contributed by atoms with Crippen LogP contribution in [0.25, 0.3) is 0 Å². The second-order valence-corrected chi connectivity index (χ2v) is 5.91. The van der Waals surface area contributed by atoms with Gasteiger partial charge in [0.15, 0.2) is 0 Å². The van der Waals surface area contributed by atoms with Gasteiger partial charge in [-0.05, 0) is 48.9 Å². The van der Waals surface area contributed by atoms with Gasteiger partial charge in [-0.1, -0.05) is 0 Å². The molecule has 2 aromatic carbocycles. The average molecular weight is 423 g/mol. The van der Waals surface area contributed by atoms with E-state index in [-0.39, 0.29) is 17.0 Å². The second-order valence-electron chi connectivity index (χ2n) is 5.91. The number of hydrogen-bond donors (Lipinski definition) is 2. The molecular formula is C20H17F4N3O3. The van der Waals surface area contributed by atoms with Gasteiger partial charge in [-0.2, -0.15) is 18.3 Å². The third kappa shape index (κ3) is 5.90. The Morgan fingerprint density at radius 3 is 2.47 bits per heavy atom. The molecule has 0 aromatic heterocycles. The van der Waals surface area contributed by atoms with Crippen LogP contribution < -0.4 is 15.5 Å². The van der Waals surface area contributed by atoms with Crippen molar-refractivity contribution in [1.82, 2.24) is 10.7 Å². The third-order valence-electron chi connectivity index (χ3n) is 3.75. The number of allylic oxidation sites excluding steroid dienone is 2. The van der Waals surface area contributed by atoms with Crippen molar-refractivity contribution in [2.24, 2.45) is 5.10 Å². The molecule has 0 bridgehead atoms. The molecule has 2 aromatic rings. The number of aldehydes is 1. The van der Waals surface area contributed by atoms with E-state index in [1.165, 1.54) is 20.0 Å². The summed E-state index contributed by atoms with van der Waals surface area (Å²) in [5.74, 6) is -1.71. The van der Waals surface area contributed by atoms with Crippen LogP contribution in [0.3, 0.4) is 0 Å². The van der Waals surface area contributed by atoms with Crippen molar-refractivity contribution in [1.29, 1.82) is 0 Å². The smallest absolute Gasteiger partial charge is 0.416 e. The number of rotatable bonds is 7. The van der Waals surface area contributed by atoms with Crippen molar-refractivity contribution in [2.75, 3.05) is 7.05 Å². The minimum atomic E-state index is -4.67. The van der Waals surface area contributed by atoms with E-state index in [9.17, 15) is 27.2 Å². The lowest BCUT2D eigenvalue weighted by Crippen LogP contribution is -2.25. The predicted octanol–water partition coefficient (Wildman–Crippen LogP) is 3.96. The van der Waals surface area contributed by atoms with E-state index in [4.69, 9.17) is 4.74 Å². The lowest BCUT2D eigenvalue weighted by atomic mass is 10.1. The van der Waals surface area contributed by atoms with Crippen molar-refractivity contribution in [3.8, 4) is 11.5 Å². The van der Waals surface area contributed by atoms with Gasteiger partial charge in [-0.3, -0.25) is 9.59 Å². The molecule has 6 nitrogen and oxygen atoms in total. The van der Waals surface area contributed by atoms with Crippen molar-refractivity contribution in [3.63, 3.8) is 0 Å². The average Bonchev–Trinajstić information content (AvgIpc) is 2.67. The largest absolute Gasteiger partial charge is 0.456 e. The summed E-state index contributed by atoms with van der Waals surface area (Å²) in [6.45, 7) is 1.50. The lowest BCUT2D eigenvalue weighted by molar-refractivity contribution is -0.137. The zero-order valence-corrected chi connectivity index (χ0v) is 15.9. The van der Waals surface area contributed by atoms with Gasteiger partial charge in [0.05, 0.1) is 23.0 Å². The van der Waals surface area contributed by atoms with E-state index < -0.39 is 29.2 Å². The van der Waals surface area contributed by atoms with Gasteiger partial charge in [0.25, 0.3) is 5.91 Å². The summed E-state index contributed by atoms with van der Waals surface area (Å²) < 4.78 is 58.3. The van der Waals surface area contributed by atoms with E-state index in [0.717, 1.165) is 36.6 Å². The van der Waals surface area contributed by atoms with Crippen LogP contribution in [-0.4, -0.2) is 25.5 Å². The molecule has 0 saturated heterocycles. The fourth-order valence-corrected chi connectivity index (χ4v) is 2.34. The first-order valence-electron chi connectivity index (χ1n) is 8.47. The molecule has 2 rings (SSSR count). The quantitative estimate of drug-likeness (QED) is 0.232. The molecular weight excluding hydrogens is 406 g/mol. The van der Waals surface area contributed by atoms with Crippen LogP contribution in [0.1, 0.15) is 21.5 Å². The highest BCUT2D eigenvalue weighted by molar-refractivity contribution is 6.02. The predicted molar refractivity (Wildman–Crippen MR) is 102 cm³/mol. The zero-order valence-electron chi connectivity index (χ0n) is 15.9. The number of aryl methyl sites for hydroxylation is 1. The van der Waals surface area contributed by atoms with Crippen LogP contribution in [0, 0.1) is 12.7 Å². The molecule has 0 aliphatic heterocycles. The first-order valence-corrected chi connectivity index (χ1v) is 8.47. The molecule has 0 aliphatic carbocycles.